The summed E-state index contributed by atoms with van der Waals surface area (Å²) in [6.07, 6.45) is 3.05. The number of ketones is 1. The first-order chi connectivity index (χ1) is 7.75. The van der Waals surface area contributed by atoms with Gasteiger partial charge in [0.15, 0.2) is 5.78 Å². The Kier molecular flexibility index (Phi) is 3.47. The minimum atomic E-state index is 0.193. The molecule has 0 radical (unpaired) electrons. The molecule has 0 saturated heterocycles. The maximum absolute atomic E-state index is 11.9. The molecule has 0 bridgehead atoms. The molecule has 0 aliphatic rings. The zero-order valence-electron chi connectivity index (χ0n) is 9.14. The van der Waals surface area contributed by atoms with Crippen LogP contribution in [0.25, 0.3) is 0 Å². The van der Waals surface area contributed by atoms with Crippen LogP contribution in [0.5, 0.6) is 0 Å². The van der Waals surface area contributed by atoms with Crippen molar-refractivity contribution in [3.05, 3.63) is 52.0 Å². The number of Topliss-reactive ketones (excluding diaryl/α,β-unsaturated/α-hetero) is 1. The van der Waals surface area contributed by atoms with Crippen LogP contribution < -0.4 is 0 Å². The molecule has 0 N–H and O–H groups in total. The van der Waals surface area contributed by atoms with Gasteiger partial charge in [-0.2, -0.15) is 0 Å². The van der Waals surface area contributed by atoms with Gasteiger partial charge in [0.2, 0.25) is 0 Å². The van der Waals surface area contributed by atoms with Crippen LogP contribution in [-0.2, 0) is 6.42 Å². The molecule has 3 heteroatoms. The highest BCUT2D eigenvalue weighted by Gasteiger charge is 2.06. The molecule has 82 valence electrons. The van der Waals surface area contributed by atoms with Crippen molar-refractivity contribution in [3.8, 4) is 0 Å². The lowest BCUT2D eigenvalue weighted by molar-refractivity contribution is 0.0982. The molecular weight excluding hydrogens is 218 g/mol. The van der Waals surface area contributed by atoms with Crippen molar-refractivity contribution in [1.82, 2.24) is 4.98 Å². The van der Waals surface area contributed by atoms with E-state index in [1.54, 1.807) is 17.5 Å². The Morgan fingerprint density at radius 1 is 1.44 bits per heavy atom. The van der Waals surface area contributed by atoms with Crippen LogP contribution in [0.15, 0.2) is 35.8 Å². The van der Waals surface area contributed by atoms with Crippen molar-refractivity contribution in [2.45, 2.75) is 19.8 Å². The van der Waals surface area contributed by atoms with Gasteiger partial charge in [0, 0.05) is 30.0 Å². The quantitative estimate of drug-likeness (QED) is 0.756. The summed E-state index contributed by atoms with van der Waals surface area (Å²) >= 11 is 1.60. The number of rotatable bonds is 4. The lowest BCUT2D eigenvalue weighted by atomic mass is 10.0. The van der Waals surface area contributed by atoms with Gasteiger partial charge in [-0.15, -0.1) is 11.3 Å². The molecule has 0 fully saturated rings. The van der Waals surface area contributed by atoms with Crippen LogP contribution in [0.2, 0.25) is 0 Å². The van der Waals surface area contributed by atoms with E-state index in [-0.39, 0.29) is 5.78 Å². The van der Waals surface area contributed by atoms with Crippen LogP contribution in [-0.4, -0.2) is 10.8 Å². The standard InChI is InChI=1S/C13H13NOS/c1-10-3-2-4-11(9-10)12(15)5-6-13-14-7-8-16-13/h2-4,7-9H,5-6H2,1H3. The first-order valence-electron chi connectivity index (χ1n) is 5.24. The Morgan fingerprint density at radius 3 is 3.00 bits per heavy atom. The number of benzene rings is 1. The second kappa shape index (κ2) is 5.03. The fourth-order valence-corrected chi connectivity index (χ4v) is 2.18. The van der Waals surface area contributed by atoms with Gasteiger partial charge < -0.3 is 0 Å². The summed E-state index contributed by atoms with van der Waals surface area (Å²) < 4.78 is 0. The Bertz CT molecular complexity index is 476. The van der Waals surface area contributed by atoms with Gasteiger partial charge in [0.1, 0.15) is 0 Å². The molecule has 0 atom stereocenters. The molecule has 0 spiro atoms. The lowest BCUT2D eigenvalue weighted by Crippen LogP contribution is -2.01. The normalized spacial score (nSPS) is 10.3. The Morgan fingerprint density at radius 2 is 2.31 bits per heavy atom. The molecule has 0 amide bonds. The van der Waals surface area contributed by atoms with Gasteiger partial charge in [-0.1, -0.05) is 23.8 Å². The second-order valence-electron chi connectivity index (χ2n) is 3.72. The summed E-state index contributed by atoms with van der Waals surface area (Å²) in [6.45, 7) is 2.00. The van der Waals surface area contributed by atoms with E-state index in [0.29, 0.717) is 6.42 Å². The number of hydrogen-bond acceptors (Lipinski definition) is 3. The smallest absolute Gasteiger partial charge is 0.163 e. The molecule has 16 heavy (non-hydrogen) atoms. The number of aryl methyl sites for hydroxylation is 2. The third kappa shape index (κ3) is 2.76. The second-order valence-corrected chi connectivity index (χ2v) is 4.70. The van der Waals surface area contributed by atoms with Crippen molar-refractivity contribution in [1.29, 1.82) is 0 Å². The fraction of sp³-hybridized carbons (Fsp3) is 0.231. The molecule has 0 aliphatic carbocycles. The van der Waals surface area contributed by atoms with Gasteiger partial charge >= 0.3 is 0 Å². The van der Waals surface area contributed by atoms with Crippen molar-refractivity contribution in [2.75, 3.05) is 0 Å². The van der Waals surface area contributed by atoms with E-state index in [1.165, 1.54) is 0 Å². The minimum Gasteiger partial charge on any atom is -0.294 e. The van der Waals surface area contributed by atoms with E-state index in [0.717, 1.165) is 22.6 Å². The third-order valence-electron chi connectivity index (χ3n) is 2.39. The summed E-state index contributed by atoms with van der Waals surface area (Å²) in [5, 5.41) is 2.97. The van der Waals surface area contributed by atoms with E-state index in [4.69, 9.17) is 0 Å². The zero-order valence-corrected chi connectivity index (χ0v) is 9.96. The molecule has 1 aromatic carbocycles. The van der Waals surface area contributed by atoms with E-state index in [9.17, 15) is 4.79 Å². The van der Waals surface area contributed by atoms with E-state index >= 15 is 0 Å². The van der Waals surface area contributed by atoms with E-state index < -0.39 is 0 Å². The molecule has 1 aromatic heterocycles. The zero-order chi connectivity index (χ0) is 11.4. The fourth-order valence-electron chi connectivity index (χ4n) is 1.56. The van der Waals surface area contributed by atoms with Crippen molar-refractivity contribution in [2.24, 2.45) is 0 Å². The first kappa shape index (κ1) is 11.0. The Labute approximate surface area is 99.0 Å². The van der Waals surface area contributed by atoms with E-state index in [2.05, 4.69) is 4.98 Å². The van der Waals surface area contributed by atoms with Crippen molar-refractivity contribution >= 4 is 17.1 Å². The molecule has 2 nitrogen and oxygen atoms in total. The van der Waals surface area contributed by atoms with Crippen molar-refractivity contribution < 1.29 is 4.79 Å². The maximum Gasteiger partial charge on any atom is 0.163 e. The number of aromatic nitrogens is 1. The van der Waals surface area contributed by atoms with Crippen LogP contribution in [0, 0.1) is 6.92 Å². The number of thiazole rings is 1. The van der Waals surface area contributed by atoms with Gasteiger partial charge in [0.05, 0.1) is 5.01 Å². The van der Waals surface area contributed by atoms with Crippen LogP contribution in [0.3, 0.4) is 0 Å². The lowest BCUT2D eigenvalue weighted by Gasteiger charge is -2.00. The third-order valence-corrected chi connectivity index (χ3v) is 3.23. The highest BCUT2D eigenvalue weighted by molar-refractivity contribution is 7.09. The summed E-state index contributed by atoms with van der Waals surface area (Å²) in [4.78, 5) is 16.0. The average molecular weight is 231 g/mol. The summed E-state index contributed by atoms with van der Waals surface area (Å²) in [6, 6.07) is 7.73. The van der Waals surface area contributed by atoms with Gasteiger partial charge in [-0.25, -0.2) is 4.98 Å². The highest BCUT2D eigenvalue weighted by atomic mass is 32.1. The predicted octanol–water partition coefficient (Wildman–Crippen LogP) is 3.27. The molecule has 0 unspecified atom stereocenters. The largest absolute Gasteiger partial charge is 0.294 e. The van der Waals surface area contributed by atoms with Gasteiger partial charge in [-0.3, -0.25) is 4.79 Å². The predicted molar refractivity (Wildman–Crippen MR) is 65.9 cm³/mol. The topological polar surface area (TPSA) is 30.0 Å². The monoisotopic (exact) mass is 231 g/mol. The number of hydrogen-bond donors (Lipinski definition) is 0. The number of nitrogens with zero attached hydrogens (tertiary/aromatic N) is 1. The molecule has 0 aliphatic heterocycles. The summed E-state index contributed by atoms with van der Waals surface area (Å²) in [5.74, 6) is 0.193. The van der Waals surface area contributed by atoms with Crippen LogP contribution in [0.4, 0.5) is 0 Å². The average Bonchev–Trinajstić information content (AvgIpc) is 2.78. The van der Waals surface area contributed by atoms with Crippen LogP contribution >= 0.6 is 11.3 Å². The molecule has 2 aromatic rings. The molecule has 1 heterocycles. The number of carbonyl (C=O) groups is 1. The van der Waals surface area contributed by atoms with Crippen LogP contribution in [0.1, 0.15) is 27.3 Å². The van der Waals surface area contributed by atoms with Gasteiger partial charge in [0.25, 0.3) is 0 Å². The Balaban J connectivity index is 1.98. The summed E-state index contributed by atoms with van der Waals surface area (Å²) in [5.41, 5.74) is 1.93. The molecular formula is C13H13NOS. The Hall–Kier alpha value is -1.48. The van der Waals surface area contributed by atoms with E-state index in [1.807, 2.05) is 36.6 Å². The highest BCUT2D eigenvalue weighted by Crippen LogP contribution is 2.11. The molecule has 0 saturated carbocycles. The number of carbonyl (C=O) groups excluding carboxylic acids is 1. The molecule has 2 rings (SSSR count). The van der Waals surface area contributed by atoms with Crippen molar-refractivity contribution in [3.63, 3.8) is 0 Å². The maximum atomic E-state index is 11.9. The van der Waals surface area contributed by atoms with Gasteiger partial charge in [-0.05, 0) is 13.0 Å². The first-order valence-corrected chi connectivity index (χ1v) is 6.12. The summed E-state index contributed by atoms with van der Waals surface area (Å²) in [7, 11) is 0. The SMILES string of the molecule is Cc1cccc(C(=O)CCc2nccs2)c1. The minimum absolute atomic E-state index is 0.193.